The molecule has 30 heavy (non-hydrogen) atoms. The summed E-state index contributed by atoms with van der Waals surface area (Å²) in [6, 6.07) is 24.6. The lowest BCUT2D eigenvalue weighted by Crippen LogP contribution is -2.43. The first-order chi connectivity index (χ1) is 14.3. The standard InChI is InChI=1S/C25H26N2O3/c1-25(2,3)20-15-13-19(14-16-20)24(29)27-26-23(28)17-30-22-12-8-7-11-21(22)18-9-5-4-6-10-18/h4-16H,17H2,1-3H3,(H,26,28)(H,27,29). The van der Waals surface area contributed by atoms with Gasteiger partial charge in [0.1, 0.15) is 5.75 Å². The van der Waals surface area contributed by atoms with Crippen LogP contribution in [0.3, 0.4) is 0 Å². The summed E-state index contributed by atoms with van der Waals surface area (Å²) in [6.45, 7) is 6.11. The van der Waals surface area contributed by atoms with E-state index < -0.39 is 5.91 Å². The van der Waals surface area contributed by atoms with Gasteiger partial charge in [0.2, 0.25) is 0 Å². The number of hydrazine groups is 1. The molecule has 0 atom stereocenters. The van der Waals surface area contributed by atoms with E-state index in [9.17, 15) is 9.59 Å². The molecule has 5 nitrogen and oxygen atoms in total. The Morgan fingerprint density at radius 2 is 1.43 bits per heavy atom. The molecule has 0 aliphatic rings. The monoisotopic (exact) mass is 402 g/mol. The van der Waals surface area contributed by atoms with Crippen LogP contribution in [0.2, 0.25) is 0 Å². The third-order valence-electron chi connectivity index (χ3n) is 4.66. The zero-order valence-corrected chi connectivity index (χ0v) is 17.4. The minimum atomic E-state index is -0.447. The molecular weight excluding hydrogens is 376 g/mol. The summed E-state index contributed by atoms with van der Waals surface area (Å²) in [6.07, 6.45) is 0. The van der Waals surface area contributed by atoms with Crippen LogP contribution >= 0.6 is 0 Å². The maximum atomic E-state index is 12.3. The molecule has 5 heteroatoms. The quantitative estimate of drug-likeness (QED) is 0.618. The number of hydrogen-bond acceptors (Lipinski definition) is 3. The van der Waals surface area contributed by atoms with Crippen LogP contribution in [0, 0.1) is 0 Å². The third kappa shape index (κ3) is 5.47. The SMILES string of the molecule is CC(C)(C)c1ccc(C(=O)NNC(=O)COc2ccccc2-c2ccccc2)cc1. The summed E-state index contributed by atoms with van der Waals surface area (Å²) in [7, 11) is 0. The van der Waals surface area contributed by atoms with E-state index in [2.05, 4.69) is 31.6 Å². The van der Waals surface area contributed by atoms with Crippen LogP contribution in [0.4, 0.5) is 0 Å². The molecule has 0 aliphatic carbocycles. The largest absolute Gasteiger partial charge is 0.483 e. The predicted molar refractivity (Wildman–Crippen MR) is 118 cm³/mol. The highest BCUT2D eigenvalue weighted by Crippen LogP contribution is 2.29. The number of para-hydroxylation sites is 1. The van der Waals surface area contributed by atoms with Crippen molar-refractivity contribution in [3.63, 3.8) is 0 Å². The van der Waals surface area contributed by atoms with Crippen LogP contribution in [0.15, 0.2) is 78.9 Å². The van der Waals surface area contributed by atoms with Crippen molar-refractivity contribution in [3.05, 3.63) is 90.0 Å². The van der Waals surface area contributed by atoms with Crippen molar-refractivity contribution in [1.82, 2.24) is 10.9 Å². The van der Waals surface area contributed by atoms with Crippen LogP contribution in [-0.4, -0.2) is 18.4 Å². The van der Waals surface area contributed by atoms with Gasteiger partial charge in [0, 0.05) is 11.1 Å². The van der Waals surface area contributed by atoms with Gasteiger partial charge in [-0.2, -0.15) is 0 Å². The number of ether oxygens (including phenoxy) is 1. The van der Waals surface area contributed by atoms with Gasteiger partial charge in [-0.1, -0.05) is 81.4 Å². The first-order valence-corrected chi connectivity index (χ1v) is 9.81. The molecule has 0 radical (unpaired) electrons. The maximum absolute atomic E-state index is 12.3. The molecular formula is C25H26N2O3. The first-order valence-electron chi connectivity index (χ1n) is 9.81. The van der Waals surface area contributed by atoms with Gasteiger partial charge in [0.25, 0.3) is 11.8 Å². The van der Waals surface area contributed by atoms with Crippen LogP contribution in [0.5, 0.6) is 5.75 Å². The molecule has 0 saturated heterocycles. The zero-order chi connectivity index (χ0) is 21.6. The van der Waals surface area contributed by atoms with Gasteiger partial charge in [-0.25, -0.2) is 0 Å². The maximum Gasteiger partial charge on any atom is 0.276 e. The predicted octanol–water partition coefficient (Wildman–Crippen LogP) is 4.49. The molecule has 2 N–H and O–H groups in total. The molecule has 3 aromatic carbocycles. The number of hydrogen-bond donors (Lipinski definition) is 2. The molecule has 0 aliphatic heterocycles. The van der Waals surface area contributed by atoms with E-state index in [0.29, 0.717) is 11.3 Å². The average molecular weight is 402 g/mol. The van der Waals surface area contributed by atoms with Crippen molar-refractivity contribution in [2.45, 2.75) is 26.2 Å². The topological polar surface area (TPSA) is 67.4 Å². The highest BCUT2D eigenvalue weighted by molar-refractivity contribution is 5.95. The van der Waals surface area contributed by atoms with E-state index in [0.717, 1.165) is 16.7 Å². The third-order valence-corrected chi connectivity index (χ3v) is 4.66. The van der Waals surface area contributed by atoms with E-state index in [4.69, 9.17) is 4.74 Å². The second-order valence-corrected chi connectivity index (χ2v) is 7.98. The minimum absolute atomic E-state index is 0.0105. The molecule has 0 bridgehead atoms. The fourth-order valence-corrected chi connectivity index (χ4v) is 2.95. The smallest absolute Gasteiger partial charge is 0.276 e. The molecule has 0 fully saturated rings. The summed E-state index contributed by atoms with van der Waals surface area (Å²) in [4.78, 5) is 24.4. The highest BCUT2D eigenvalue weighted by atomic mass is 16.5. The summed E-state index contributed by atoms with van der Waals surface area (Å²) < 4.78 is 5.68. The van der Waals surface area contributed by atoms with Crippen molar-refractivity contribution in [3.8, 4) is 16.9 Å². The lowest BCUT2D eigenvalue weighted by molar-refractivity contribution is -0.123. The molecule has 0 aromatic heterocycles. The van der Waals surface area contributed by atoms with Gasteiger partial charge in [-0.3, -0.25) is 20.4 Å². The van der Waals surface area contributed by atoms with E-state index >= 15 is 0 Å². The van der Waals surface area contributed by atoms with Gasteiger partial charge in [0.05, 0.1) is 0 Å². The summed E-state index contributed by atoms with van der Waals surface area (Å²) in [5.41, 5.74) is 8.32. The Labute approximate surface area is 177 Å². The van der Waals surface area contributed by atoms with E-state index in [-0.39, 0.29) is 17.9 Å². The van der Waals surface area contributed by atoms with E-state index in [1.807, 2.05) is 66.7 Å². The lowest BCUT2D eigenvalue weighted by atomic mass is 9.87. The van der Waals surface area contributed by atoms with Crippen molar-refractivity contribution < 1.29 is 14.3 Å². The fraction of sp³-hybridized carbons (Fsp3) is 0.200. The van der Waals surface area contributed by atoms with Gasteiger partial charge < -0.3 is 4.74 Å². The van der Waals surface area contributed by atoms with Gasteiger partial charge in [-0.15, -0.1) is 0 Å². The number of nitrogens with one attached hydrogen (secondary N) is 2. The van der Waals surface area contributed by atoms with Crippen LogP contribution in [-0.2, 0) is 10.2 Å². The molecule has 0 unspecified atom stereocenters. The van der Waals surface area contributed by atoms with Gasteiger partial charge >= 0.3 is 0 Å². The second kappa shape index (κ2) is 9.27. The number of carbonyl (C=O) groups is 2. The normalized spacial score (nSPS) is 10.9. The first kappa shape index (κ1) is 21.1. The number of rotatable bonds is 5. The number of benzene rings is 3. The van der Waals surface area contributed by atoms with Gasteiger partial charge in [-0.05, 0) is 34.7 Å². The van der Waals surface area contributed by atoms with Crippen LogP contribution < -0.4 is 15.6 Å². The average Bonchev–Trinajstić information content (AvgIpc) is 2.76. The molecule has 2 amide bonds. The fourth-order valence-electron chi connectivity index (χ4n) is 2.95. The zero-order valence-electron chi connectivity index (χ0n) is 17.4. The molecule has 3 rings (SSSR count). The Morgan fingerprint density at radius 1 is 0.800 bits per heavy atom. The van der Waals surface area contributed by atoms with E-state index in [1.165, 1.54) is 0 Å². The van der Waals surface area contributed by atoms with E-state index in [1.54, 1.807) is 12.1 Å². The minimum Gasteiger partial charge on any atom is -0.483 e. The molecule has 0 spiro atoms. The van der Waals surface area contributed by atoms with Crippen molar-refractivity contribution >= 4 is 11.8 Å². The number of amides is 2. The van der Waals surface area contributed by atoms with Crippen molar-refractivity contribution in [2.75, 3.05) is 6.61 Å². The molecule has 3 aromatic rings. The Morgan fingerprint density at radius 3 is 2.10 bits per heavy atom. The lowest BCUT2D eigenvalue weighted by Gasteiger charge is -2.19. The molecule has 0 saturated carbocycles. The Kier molecular flexibility index (Phi) is 6.52. The number of carbonyl (C=O) groups excluding carboxylic acids is 2. The van der Waals surface area contributed by atoms with Crippen molar-refractivity contribution in [2.24, 2.45) is 0 Å². The molecule has 154 valence electrons. The summed E-state index contributed by atoms with van der Waals surface area (Å²) >= 11 is 0. The van der Waals surface area contributed by atoms with Crippen LogP contribution in [0.25, 0.3) is 11.1 Å². The van der Waals surface area contributed by atoms with Crippen LogP contribution in [0.1, 0.15) is 36.7 Å². The summed E-state index contributed by atoms with van der Waals surface area (Å²) in [5, 5.41) is 0. The van der Waals surface area contributed by atoms with Crippen molar-refractivity contribution in [1.29, 1.82) is 0 Å². The Balaban J connectivity index is 1.54. The highest BCUT2D eigenvalue weighted by Gasteiger charge is 2.15. The second-order valence-electron chi connectivity index (χ2n) is 7.98. The Bertz CT molecular complexity index is 1010. The van der Waals surface area contributed by atoms with Gasteiger partial charge in [0.15, 0.2) is 6.61 Å². The molecule has 0 heterocycles. The summed E-state index contributed by atoms with van der Waals surface area (Å²) in [5.74, 6) is -0.228. The Hall–Kier alpha value is -3.60.